The van der Waals surface area contributed by atoms with Crippen molar-refractivity contribution >= 4 is 46.3 Å². The molecule has 0 aliphatic heterocycles. The van der Waals surface area contributed by atoms with Crippen LogP contribution in [0.1, 0.15) is 122 Å². The van der Waals surface area contributed by atoms with Crippen LogP contribution in [-0.2, 0) is 29.5 Å². The number of anilines is 6. The predicted molar refractivity (Wildman–Crippen MR) is 477 cm³/mol. The fraction of sp³-hybridized carbons (Fsp3) is 0.0991. The number of benzene rings is 16. The predicted octanol–water partition coefficient (Wildman–Crippen LogP) is 28.3. The minimum absolute atomic E-state index is 0.299. The maximum Gasteiger partial charge on any atom is 0.128 e. The van der Waals surface area contributed by atoms with E-state index in [1.165, 1.54) is 22.3 Å². The van der Waals surface area contributed by atoms with Crippen molar-refractivity contribution in [3.8, 4) is 56.0 Å². The van der Waals surface area contributed by atoms with E-state index in [9.17, 15) is 0 Å². The SMILES string of the molecule is C=Cc1ccc(COc2ccc(C3(c4cc(C)ccc4C)c4ccccc4-c4ccc(N(c5ccc(C)c(F)c5)c5ccc6c(c5)C5(c7ccccc7-6)c6ccccc6-c6ccc(N(c7ccc(C)c(F)c7)c7ccc8c(c7)C(c7ccc(OCc9ccc(C=C)cc9)cc7)(c7cc(C)ccc7C)c7ccccc7-8)cc65)cc43)cc2)cc1. The second-order valence-corrected chi connectivity index (χ2v) is 32.0. The minimum Gasteiger partial charge on any atom is -0.489 e. The first kappa shape index (κ1) is 72.1. The summed E-state index contributed by atoms with van der Waals surface area (Å²) >= 11 is 0. The van der Waals surface area contributed by atoms with Gasteiger partial charge in [-0.3, -0.25) is 0 Å². The van der Waals surface area contributed by atoms with E-state index in [-0.39, 0.29) is 11.6 Å². The molecule has 0 amide bonds. The average molecular weight is 1520 g/mol. The highest BCUT2D eigenvalue weighted by Crippen LogP contribution is 2.66. The molecular weight excluding hydrogens is 1430 g/mol. The standard InChI is InChI=1S/C111H84F2N2O2/c1-9-75-33-37-77(38-34-75)67-116-87-51-41-79(42-52-87)109(101-59-69(3)27-29-71(101)5)97-23-15-11-19-89(97)93-55-47-81(61-103(93)109)114(85-45-31-73(7)107(112)65-85)83-49-57-95-91-21-13-17-25-99(91)111(105(95)63-83)100-26-18-14-22-92(100)96-58-50-84(64-106(96)111)115(86-46-32-74(8)108(113)66-86)82-48-56-94-90-20-12-16-24-98(90)110(104(94)62-82,102-60-70(4)28-30-72(102)6)80-43-53-88(54-44-80)117-68-78-39-35-76(10-2)36-40-78/h9-66H,1-2,67-68H2,3-8H3. The third-order valence-corrected chi connectivity index (χ3v) is 25.4. The topological polar surface area (TPSA) is 24.9 Å². The Labute approximate surface area is 683 Å². The van der Waals surface area contributed by atoms with Gasteiger partial charge in [-0.25, -0.2) is 8.78 Å². The first-order valence-corrected chi connectivity index (χ1v) is 40.3. The first-order valence-electron chi connectivity index (χ1n) is 40.3. The van der Waals surface area contributed by atoms with Crippen LogP contribution in [0.5, 0.6) is 11.5 Å². The van der Waals surface area contributed by atoms with E-state index in [1.807, 2.05) is 38.1 Å². The lowest BCUT2D eigenvalue weighted by atomic mass is 9.66. The third kappa shape index (κ3) is 11.3. The van der Waals surface area contributed by atoms with Crippen molar-refractivity contribution in [2.75, 3.05) is 9.80 Å². The van der Waals surface area contributed by atoms with Crippen LogP contribution in [0, 0.1) is 53.2 Å². The van der Waals surface area contributed by atoms with Crippen LogP contribution in [-0.4, -0.2) is 0 Å². The summed E-state index contributed by atoms with van der Waals surface area (Å²) in [6, 6.07) is 122. The summed E-state index contributed by atoms with van der Waals surface area (Å²) in [6.07, 6.45) is 3.71. The molecule has 6 heteroatoms. The molecule has 4 aliphatic carbocycles. The van der Waals surface area contributed by atoms with Gasteiger partial charge in [-0.15, -0.1) is 0 Å². The summed E-state index contributed by atoms with van der Waals surface area (Å²) in [5.74, 6) is 0.938. The van der Waals surface area contributed by atoms with Gasteiger partial charge in [0.2, 0.25) is 0 Å². The molecule has 20 rings (SSSR count). The van der Waals surface area contributed by atoms with Gasteiger partial charge >= 0.3 is 0 Å². The largest absolute Gasteiger partial charge is 0.489 e. The van der Waals surface area contributed by atoms with Gasteiger partial charge in [0.05, 0.1) is 16.2 Å². The normalized spacial score (nSPS) is 15.9. The van der Waals surface area contributed by atoms with Crippen molar-refractivity contribution < 1.29 is 18.3 Å². The highest BCUT2D eigenvalue weighted by molar-refractivity contribution is 5.99. The number of ether oxygens (including phenoxy) is 2. The van der Waals surface area contributed by atoms with Gasteiger partial charge in [0.15, 0.2) is 0 Å². The molecule has 4 nitrogen and oxygen atoms in total. The number of hydrogen-bond acceptors (Lipinski definition) is 4. The summed E-state index contributed by atoms with van der Waals surface area (Å²) in [5, 5.41) is 0. The molecule has 0 bridgehead atoms. The zero-order valence-corrected chi connectivity index (χ0v) is 66.3. The van der Waals surface area contributed by atoms with Crippen LogP contribution < -0.4 is 19.3 Å². The Morgan fingerprint density at radius 2 is 0.547 bits per heavy atom. The molecule has 0 heterocycles. The quantitative estimate of drug-likeness (QED) is 0.0855. The van der Waals surface area contributed by atoms with Crippen molar-refractivity contribution in [1.29, 1.82) is 0 Å². The van der Waals surface area contributed by atoms with Crippen molar-refractivity contribution in [2.45, 2.75) is 71.0 Å². The molecule has 0 aromatic heterocycles. The van der Waals surface area contributed by atoms with E-state index in [1.54, 1.807) is 12.1 Å². The van der Waals surface area contributed by atoms with Crippen molar-refractivity contribution in [1.82, 2.24) is 0 Å². The van der Waals surface area contributed by atoms with E-state index in [0.29, 0.717) is 35.7 Å². The second kappa shape index (κ2) is 28.3. The van der Waals surface area contributed by atoms with Crippen molar-refractivity contribution in [3.05, 3.63) is 487 Å². The summed E-state index contributed by atoms with van der Waals surface area (Å²) in [5.41, 5.74) is 34.9. The Hall–Kier alpha value is -13.9. The smallest absolute Gasteiger partial charge is 0.128 e. The van der Waals surface area contributed by atoms with Gasteiger partial charge in [0.25, 0.3) is 0 Å². The van der Waals surface area contributed by atoms with Crippen LogP contribution in [0.3, 0.4) is 0 Å². The molecule has 0 fully saturated rings. The van der Waals surface area contributed by atoms with Crippen LogP contribution >= 0.6 is 0 Å². The zero-order valence-electron chi connectivity index (χ0n) is 66.3. The highest BCUT2D eigenvalue weighted by atomic mass is 19.1. The molecule has 0 saturated heterocycles. The molecule has 2 atom stereocenters. The fourth-order valence-electron chi connectivity index (χ4n) is 19.8. The van der Waals surface area contributed by atoms with Crippen molar-refractivity contribution in [3.63, 3.8) is 0 Å². The maximum atomic E-state index is 17.0. The Kier molecular flexibility index (Phi) is 17.4. The molecule has 2 unspecified atom stereocenters. The second-order valence-electron chi connectivity index (χ2n) is 32.0. The Bertz CT molecular complexity index is 6330. The number of nitrogens with zero attached hydrogens (tertiary/aromatic N) is 2. The van der Waals surface area contributed by atoms with Gasteiger partial charge < -0.3 is 19.3 Å². The van der Waals surface area contributed by atoms with Crippen LogP contribution in [0.2, 0.25) is 0 Å². The number of rotatable bonds is 18. The van der Waals surface area contributed by atoms with E-state index >= 15 is 8.78 Å². The molecule has 4 aliphatic rings. The first-order chi connectivity index (χ1) is 57.1. The minimum atomic E-state index is -0.898. The number of halogens is 2. The number of fused-ring (bicyclic) bond motifs is 16. The molecule has 0 radical (unpaired) electrons. The summed E-state index contributed by atoms with van der Waals surface area (Å²) < 4.78 is 47.1. The molecule has 1 spiro atoms. The third-order valence-electron chi connectivity index (χ3n) is 25.4. The molecule has 16 aromatic carbocycles. The van der Waals surface area contributed by atoms with Gasteiger partial charge in [-0.05, 0) is 294 Å². The van der Waals surface area contributed by atoms with E-state index < -0.39 is 16.2 Å². The fourth-order valence-corrected chi connectivity index (χ4v) is 19.8. The Morgan fingerprint density at radius 1 is 0.265 bits per heavy atom. The van der Waals surface area contributed by atoms with E-state index in [2.05, 4.69) is 366 Å². The molecule has 0 N–H and O–H groups in total. The van der Waals surface area contributed by atoms with Gasteiger partial charge in [-0.2, -0.15) is 0 Å². The van der Waals surface area contributed by atoms with E-state index in [0.717, 1.165) is 168 Å². The average Bonchev–Trinajstić information content (AvgIpc) is 1.53. The summed E-state index contributed by atoms with van der Waals surface area (Å²) in [6.45, 7) is 21.2. The monoisotopic (exact) mass is 1510 g/mol. The Morgan fingerprint density at radius 3 is 0.872 bits per heavy atom. The lowest BCUT2D eigenvalue weighted by Gasteiger charge is -2.36. The van der Waals surface area contributed by atoms with E-state index in [4.69, 9.17) is 9.47 Å². The lowest BCUT2D eigenvalue weighted by molar-refractivity contribution is 0.306. The summed E-state index contributed by atoms with van der Waals surface area (Å²) in [7, 11) is 0. The highest BCUT2D eigenvalue weighted by Gasteiger charge is 2.54. The van der Waals surface area contributed by atoms with Crippen LogP contribution in [0.25, 0.3) is 56.7 Å². The molecule has 16 aromatic rings. The summed E-state index contributed by atoms with van der Waals surface area (Å²) in [4.78, 5) is 4.53. The molecule has 117 heavy (non-hydrogen) atoms. The maximum absolute atomic E-state index is 17.0. The van der Waals surface area contributed by atoms with Crippen LogP contribution in [0.15, 0.2) is 353 Å². The molecule has 564 valence electrons. The van der Waals surface area contributed by atoms with Crippen LogP contribution in [0.4, 0.5) is 42.9 Å². The Balaban J connectivity index is 0.766. The number of aryl methyl sites for hydroxylation is 6. The van der Waals surface area contributed by atoms with Gasteiger partial charge in [0.1, 0.15) is 36.3 Å². The van der Waals surface area contributed by atoms with Crippen molar-refractivity contribution in [2.24, 2.45) is 0 Å². The molecule has 0 saturated carbocycles. The van der Waals surface area contributed by atoms with Gasteiger partial charge in [-0.1, -0.05) is 279 Å². The zero-order chi connectivity index (χ0) is 79.6. The van der Waals surface area contributed by atoms with Gasteiger partial charge in [0, 0.05) is 34.1 Å². The lowest BCUT2D eigenvalue weighted by Crippen LogP contribution is -2.30. The number of hydrogen-bond donors (Lipinski definition) is 0. The molecular formula is C111H84F2N2O2.